The number of amides is 9. The van der Waals surface area contributed by atoms with E-state index in [1.807, 2.05) is 36.4 Å². The summed E-state index contributed by atoms with van der Waals surface area (Å²) in [5, 5.41) is 31.5. The first kappa shape index (κ1) is 69.1. The van der Waals surface area contributed by atoms with E-state index < -0.39 is 107 Å². The quantitative estimate of drug-likeness (QED) is 0.109. The molecule has 10 atom stereocenters. The Morgan fingerprint density at radius 1 is 0.720 bits per heavy atom. The lowest BCUT2D eigenvalue weighted by atomic mass is 9.95. The molecule has 496 valence electrons. The number of allylic oxidation sites excluding steroid dienone is 1. The number of nitrogens with zero attached hydrogens (tertiary/aromatic N) is 2. The summed E-state index contributed by atoms with van der Waals surface area (Å²) in [7, 11) is 1.51. The smallest absolute Gasteiger partial charge is 0.246 e. The number of thioether (sulfide) groups is 2. The van der Waals surface area contributed by atoms with Gasteiger partial charge in [-0.15, -0.1) is 0 Å². The highest BCUT2D eigenvalue weighted by molar-refractivity contribution is 7.98. The molecule has 4 aliphatic rings. The van der Waals surface area contributed by atoms with Gasteiger partial charge in [-0.05, 0) is 117 Å². The Labute approximate surface area is 548 Å². The molecule has 22 nitrogen and oxygen atoms in total. The minimum Gasteiger partial charge on any atom is -0.497 e. The number of fused-ring (bicyclic) bond motifs is 10. The van der Waals surface area contributed by atoms with E-state index in [-0.39, 0.29) is 63.6 Å². The first-order valence-corrected chi connectivity index (χ1v) is 33.8. The first-order chi connectivity index (χ1) is 44.7. The molecule has 5 aromatic rings. The Hall–Kier alpha value is -8.26. The summed E-state index contributed by atoms with van der Waals surface area (Å²) < 4.78 is 26.8. The van der Waals surface area contributed by atoms with Crippen LogP contribution in [0.5, 0.6) is 5.75 Å². The van der Waals surface area contributed by atoms with E-state index >= 15 is 19.2 Å². The second-order valence-electron chi connectivity index (χ2n) is 24.3. The molecule has 8 bridgehead atoms. The molecule has 4 aromatic carbocycles. The summed E-state index contributed by atoms with van der Waals surface area (Å²) in [5.41, 5.74) is 3.87. The van der Waals surface area contributed by atoms with Crippen molar-refractivity contribution in [3.8, 4) is 5.75 Å². The minimum absolute atomic E-state index is 0.0127. The third-order valence-corrected chi connectivity index (χ3v) is 19.4. The van der Waals surface area contributed by atoms with Crippen molar-refractivity contribution in [2.45, 2.75) is 151 Å². The molecule has 1 aromatic heterocycles. The fourth-order valence-electron chi connectivity index (χ4n) is 12.2. The number of nitrogens with one attached hydrogen (secondary N) is 8. The van der Waals surface area contributed by atoms with Crippen molar-refractivity contribution < 1.29 is 62.1 Å². The molecule has 0 saturated carbocycles. The third-order valence-electron chi connectivity index (χ3n) is 17.4. The molecule has 9 rings (SSSR count). The van der Waals surface area contributed by atoms with Crippen LogP contribution >= 0.6 is 23.5 Å². The van der Waals surface area contributed by atoms with E-state index in [4.69, 9.17) is 9.47 Å². The predicted molar refractivity (Wildman–Crippen MR) is 352 cm³/mol. The van der Waals surface area contributed by atoms with Gasteiger partial charge in [-0.2, -0.15) is 23.5 Å². The summed E-state index contributed by atoms with van der Waals surface area (Å²) in [6, 6.07) is 16.7. The molecule has 2 saturated heterocycles. The van der Waals surface area contributed by atoms with Gasteiger partial charge in [0.25, 0.3) is 0 Å². The standard InChI is InChI=1S/C68H83FN10O12S2/c1-40-60(82)73-41(2)61(83)74-53-34-45-13-8-12-43(31-45)11-6-7-28-91-56-22-27-78(65(87)55(75-62(53)84)35-48-37-71-52-21-18-49(69)36-51(48)52)59(56)64(86)77-58(42(3)80)63(85)76-54(33-44-16-19-50(90-5)20-17-44)66(88)79-26-10-24-68(79,4)67(89)70-25-30-93-39-47-15-9-14-46(32-47)38-92-29-23-57(81)72-40/h6-9,12-21,31-32,36-37,40-42,53-56,58-59,71,80H,10-11,22-30,33-35,38-39H2,1-5H3,(H,70,89)(H,72,81)(H,73,82)(H,74,83)(H,75,84)(H,76,85)(H,77,86)/b7-6+/t40-,41+,42+,53-,54-,55-,56-,58-,59-,68-/m0/s1. The van der Waals surface area contributed by atoms with Gasteiger partial charge in [0.05, 0.1) is 25.9 Å². The number of carbonyl (C=O) groups excluding carboxylic acids is 9. The lowest BCUT2D eigenvalue weighted by Gasteiger charge is -2.37. The number of methoxy groups -OCH3 is 1. The number of hydrogen-bond acceptors (Lipinski definition) is 14. The zero-order chi connectivity index (χ0) is 66.3. The number of halogens is 1. The SMILES string of the molecule is COc1ccc(C[C@@H]2NC(=O)[C@H]([C@@H](C)O)NC(=O)[C@@H]3[C@@H]4CCN3C(=O)[C@H](Cc3c[nH]c5ccc(F)cc35)NC(=O)[C@H](Cc3cccc(c3)C/C=C/CO4)NC(=O)[C@@H](C)NC(=O)[C@H](C)NC(=O)CCSCc3cccc(c3)CSCCNC(=O)[C@]3(C)CCCN3C2=O)cc1. The molecule has 25 heteroatoms. The number of hydrogen-bond donors (Lipinski definition) is 9. The largest absolute Gasteiger partial charge is 0.497 e. The van der Waals surface area contributed by atoms with Crippen LogP contribution in [0.1, 0.15) is 86.8 Å². The fraction of sp³-hybridized carbons (Fsp3) is 0.456. The number of carbonyl (C=O) groups is 9. The van der Waals surface area contributed by atoms with Crippen LogP contribution in [0.2, 0.25) is 0 Å². The Morgan fingerprint density at radius 2 is 1.40 bits per heavy atom. The van der Waals surface area contributed by atoms with Crippen molar-refractivity contribution in [2.24, 2.45) is 0 Å². The molecule has 4 aliphatic heterocycles. The van der Waals surface area contributed by atoms with Gasteiger partial charge in [-0.25, -0.2) is 4.39 Å². The molecular weight excluding hydrogens is 1230 g/mol. The Bertz CT molecular complexity index is 3570. The highest BCUT2D eigenvalue weighted by Gasteiger charge is 2.49. The molecule has 0 aliphatic carbocycles. The van der Waals surface area contributed by atoms with Gasteiger partial charge in [-0.1, -0.05) is 72.8 Å². The minimum atomic E-state index is -1.73. The van der Waals surface area contributed by atoms with Crippen LogP contribution in [0.3, 0.4) is 0 Å². The molecule has 0 unspecified atom stereocenters. The molecule has 0 radical (unpaired) electrons. The average molecular weight is 1320 g/mol. The molecule has 9 amide bonds. The zero-order valence-electron chi connectivity index (χ0n) is 52.9. The molecule has 9 N–H and O–H groups in total. The molecule has 93 heavy (non-hydrogen) atoms. The number of ether oxygens (including phenoxy) is 2. The monoisotopic (exact) mass is 1310 g/mol. The number of benzene rings is 4. The maximum atomic E-state index is 15.6. The van der Waals surface area contributed by atoms with Gasteiger partial charge in [-0.3, -0.25) is 43.2 Å². The van der Waals surface area contributed by atoms with E-state index in [2.05, 4.69) is 48.3 Å². The van der Waals surface area contributed by atoms with Gasteiger partial charge in [0.1, 0.15) is 59.4 Å². The summed E-state index contributed by atoms with van der Waals surface area (Å²) >= 11 is 3.18. The highest BCUT2D eigenvalue weighted by Crippen LogP contribution is 2.32. The summed E-state index contributed by atoms with van der Waals surface area (Å²) in [6.07, 6.45) is 3.63. The maximum absolute atomic E-state index is 15.6. The average Bonchev–Trinajstić information content (AvgIpc) is 1.70. The predicted octanol–water partition coefficient (Wildman–Crippen LogP) is 3.84. The Balaban J connectivity index is 1.06. The van der Waals surface area contributed by atoms with E-state index in [0.717, 1.165) is 16.7 Å². The van der Waals surface area contributed by atoms with Crippen LogP contribution < -0.4 is 42.0 Å². The molecule has 5 heterocycles. The van der Waals surface area contributed by atoms with E-state index in [1.165, 1.54) is 55.9 Å². The van der Waals surface area contributed by atoms with Crippen LogP contribution in [0.25, 0.3) is 10.9 Å². The van der Waals surface area contributed by atoms with Crippen LogP contribution in [-0.4, -0.2) is 178 Å². The van der Waals surface area contributed by atoms with E-state index in [1.54, 1.807) is 79.1 Å². The second-order valence-corrected chi connectivity index (χ2v) is 26.5. The Morgan fingerprint density at radius 3 is 2.14 bits per heavy atom. The van der Waals surface area contributed by atoms with Crippen molar-refractivity contribution >= 4 is 87.6 Å². The number of H-pyrrole nitrogens is 1. The zero-order valence-corrected chi connectivity index (χ0v) is 54.6. The van der Waals surface area contributed by atoms with Crippen LogP contribution in [0.15, 0.2) is 109 Å². The summed E-state index contributed by atoms with van der Waals surface area (Å²) in [6.45, 7) is 6.31. The van der Waals surface area contributed by atoms with Crippen LogP contribution in [0, 0.1) is 5.82 Å². The van der Waals surface area contributed by atoms with Crippen LogP contribution in [0.4, 0.5) is 4.39 Å². The van der Waals surface area contributed by atoms with Crippen LogP contribution in [-0.2, 0) is 85.1 Å². The first-order valence-electron chi connectivity index (χ1n) is 31.5. The van der Waals surface area contributed by atoms with E-state index in [9.17, 15) is 33.5 Å². The molecule has 0 spiro atoms. The van der Waals surface area contributed by atoms with Gasteiger partial charge < -0.3 is 66.6 Å². The third kappa shape index (κ3) is 17.9. The lowest BCUT2D eigenvalue weighted by molar-refractivity contribution is -0.147. The number of aliphatic hydroxyl groups is 1. The number of aromatic amines is 1. The van der Waals surface area contributed by atoms with Crippen molar-refractivity contribution in [3.05, 3.63) is 149 Å². The van der Waals surface area contributed by atoms with Crippen molar-refractivity contribution in [2.75, 3.05) is 44.9 Å². The van der Waals surface area contributed by atoms with Gasteiger partial charge in [0, 0.05) is 85.4 Å². The number of aliphatic hydroxyl groups excluding tert-OH is 1. The summed E-state index contributed by atoms with van der Waals surface area (Å²) in [5.74, 6) is -3.89. The Kier molecular flexibility index (Phi) is 23.8. The topological polar surface area (TPSA) is 299 Å². The van der Waals surface area contributed by atoms with Crippen molar-refractivity contribution in [1.29, 1.82) is 0 Å². The normalized spacial score (nSPS) is 26.6. The van der Waals surface area contributed by atoms with E-state index in [0.29, 0.717) is 82.2 Å². The molecule has 2 fully saturated rings. The second kappa shape index (κ2) is 32.1. The van der Waals surface area contributed by atoms with Crippen molar-refractivity contribution in [3.63, 3.8) is 0 Å². The lowest BCUT2D eigenvalue weighted by Crippen LogP contribution is -2.64. The highest BCUT2D eigenvalue weighted by atomic mass is 32.2. The van der Waals surface area contributed by atoms with Gasteiger partial charge >= 0.3 is 0 Å². The summed E-state index contributed by atoms with van der Waals surface area (Å²) in [4.78, 5) is 137. The van der Waals surface area contributed by atoms with Gasteiger partial charge in [0.15, 0.2) is 0 Å². The fourth-order valence-corrected chi connectivity index (χ4v) is 13.9. The number of rotatable bonds is 6. The number of aromatic nitrogens is 1. The molecular formula is C68H83FN10O12S2. The maximum Gasteiger partial charge on any atom is 0.246 e. The van der Waals surface area contributed by atoms with Crippen molar-refractivity contribution in [1.82, 2.24) is 52.0 Å². The van der Waals surface area contributed by atoms with Gasteiger partial charge in [0.2, 0.25) is 53.2 Å².